The van der Waals surface area contributed by atoms with Crippen molar-refractivity contribution in [3.8, 4) is 0 Å². The summed E-state index contributed by atoms with van der Waals surface area (Å²) in [6.45, 7) is 6.67. The molecule has 0 spiro atoms. The predicted molar refractivity (Wildman–Crippen MR) is 114 cm³/mol. The van der Waals surface area contributed by atoms with Gasteiger partial charge in [0.05, 0.1) is 17.8 Å². The summed E-state index contributed by atoms with van der Waals surface area (Å²) in [6.07, 6.45) is 3.91. The summed E-state index contributed by atoms with van der Waals surface area (Å²) in [4.78, 5) is 38.5. The number of ketones is 1. The molecule has 0 aromatic heterocycles. The highest BCUT2D eigenvalue weighted by molar-refractivity contribution is 6.52. The van der Waals surface area contributed by atoms with Gasteiger partial charge in [-0.2, -0.15) is 0 Å². The molecule has 2 aromatic rings. The minimum atomic E-state index is -0.535. The van der Waals surface area contributed by atoms with E-state index in [1.54, 1.807) is 36.4 Å². The van der Waals surface area contributed by atoms with Crippen molar-refractivity contribution in [2.75, 3.05) is 16.8 Å². The van der Waals surface area contributed by atoms with Gasteiger partial charge in [0.25, 0.3) is 17.6 Å². The molecule has 29 heavy (non-hydrogen) atoms. The van der Waals surface area contributed by atoms with Gasteiger partial charge in [0, 0.05) is 23.8 Å². The number of rotatable bonds is 7. The number of benzene rings is 2. The van der Waals surface area contributed by atoms with Gasteiger partial charge in [0.2, 0.25) is 0 Å². The molecule has 0 saturated carbocycles. The number of carbonyl (C=O) groups excluding carboxylic acids is 3. The van der Waals surface area contributed by atoms with Crippen LogP contribution in [0.25, 0.3) is 0 Å². The van der Waals surface area contributed by atoms with Crippen LogP contribution in [0.4, 0.5) is 11.4 Å². The first kappa shape index (κ1) is 20.3. The number of nitrogens with one attached hydrogen (secondary N) is 2. The smallest absolute Gasteiger partial charge is 0.299 e. The Morgan fingerprint density at radius 1 is 1.10 bits per heavy atom. The van der Waals surface area contributed by atoms with Crippen molar-refractivity contribution in [1.82, 2.24) is 5.32 Å². The molecular weight excluding hydrogens is 366 g/mol. The molecule has 0 bridgehead atoms. The van der Waals surface area contributed by atoms with Crippen LogP contribution in [0.2, 0.25) is 0 Å². The predicted octanol–water partition coefficient (Wildman–Crippen LogP) is 3.54. The Balaban J connectivity index is 1.76. The summed E-state index contributed by atoms with van der Waals surface area (Å²) in [5, 5.41) is 6.04. The average molecular weight is 391 g/mol. The van der Waals surface area contributed by atoms with Gasteiger partial charge in [-0.3, -0.25) is 14.4 Å². The first-order valence-electron chi connectivity index (χ1n) is 9.65. The van der Waals surface area contributed by atoms with Crippen LogP contribution in [0.3, 0.4) is 0 Å². The highest BCUT2D eigenvalue weighted by Crippen LogP contribution is 2.32. The zero-order chi connectivity index (χ0) is 21.0. The van der Waals surface area contributed by atoms with Gasteiger partial charge in [0.15, 0.2) is 0 Å². The minimum Gasteiger partial charge on any atom is -0.382 e. The Bertz CT molecular complexity index is 962. The van der Waals surface area contributed by atoms with Crippen LogP contribution in [0.5, 0.6) is 0 Å². The van der Waals surface area contributed by atoms with Crippen molar-refractivity contribution in [3.05, 3.63) is 71.3 Å². The van der Waals surface area contributed by atoms with E-state index in [-0.39, 0.29) is 18.5 Å². The molecule has 0 radical (unpaired) electrons. The number of anilines is 2. The SMILES string of the molecule is C/C=C/CNc1ccc2c(c1)C(=O)C(=O)N2Cc1ccc(C(=O)NC(C)C)cc1. The van der Waals surface area contributed by atoms with E-state index in [1.165, 1.54) is 4.90 Å². The van der Waals surface area contributed by atoms with E-state index in [1.807, 2.05) is 39.0 Å². The summed E-state index contributed by atoms with van der Waals surface area (Å²) in [5.74, 6) is -1.17. The van der Waals surface area contributed by atoms with Crippen LogP contribution < -0.4 is 15.5 Å². The molecule has 0 fully saturated rings. The molecule has 6 heteroatoms. The molecule has 6 nitrogen and oxygen atoms in total. The third-order valence-electron chi connectivity index (χ3n) is 4.61. The lowest BCUT2D eigenvalue weighted by Crippen LogP contribution is -2.30. The summed E-state index contributed by atoms with van der Waals surface area (Å²) in [6, 6.07) is 12.5. The molecule has 0 saturated heterocycles. The maximum absolute atomic E-state index is 12.5. The van der Waals surface area contributed by atoms with Crippen LogP contribution in [-0.2, 0) is 11.3 Å². The van der Waals surface area contributed by atoms with Crippen LogP contribution >= 0.6 is 0 Å². The summed E-state index contributed by atoms with van der Waals surface area (Å²) < 4.78 is 0. The second kappa shape index (κ2) is 8.73. The van der Waals surface area contributed by atoms with Crippen LogP contribution in [0.1, 0.15) is 47.1 Å². The Kier molecular flexibility index (Phi) is 6.12. The Morgan fingerprint density at radius 3 is 2.48 bits per heavy atom. The zero-order valence-corrected chi connectivity index (χ0v) is 16.9. The largest absolute Gasteiger partial charge is 0.382 e. The third-order valence-corrected chi connectivity index (χ3v) is 4.61. The second-order valence-corrected chi connectivity index (χ2v) is 7.23. The summed E-state index contributed by atoms with van der Waals surface area (Å²) in [5.41, 5.74) is 3.22. The van der Waals surface area contributed by atoms with E-state index in [0.717, 1.165) is 11.3 Å². The first-order chi connectivity index (χ1) is 13.9. The molecule has 2 aromatic carbocycles. The van der Waals surface area contributed by atoms with Crippen LogP contribution in [-0.4, -0.2) is 30.2 Å². The van der Waals surface area contributed by atoms with Crippen molar-refractivity contribution in [1.29, 1.82) is 0 Å². The van der Waals surface area contributed by atoms with Gasteiger partial charge in [0.1, 0.15) is 0 Å². The van der Waals surface area contributed by atoms with Crippen LogP contribution in [0, 0.1) is 0 Å². The highest BCUT2D eigenvalue weighted by Gasteiger charge is 2.35. The maximum atomic E-state index is 12.5. The first-order valence-corrected chi connectivity index (χ1v) is 9.65. The van der Waals surface area contributed by atoms with Gasteiger partial charge >= 0.3 is 0 Å². The molecule has 1 heterocycles. The lowest BCUT2D eigenvalue weighted by atomic mass is 10.1. The number of hydrogen-bond donors (Lipinski definition) is 2. The number of Topliss-reactive ketones (excluding diaryl/α,β-unsaturated/α-hetero) is 1. The van der Waals surface area contributed by atoms with E-state index < -0.39 is 11.7 Å². The molecule has 3 rings (SSSR count). The number of carbonyl (C=O) groups is 3. The Morgan fingerprint density at radius 2 is 1.83 bits per heavy atom. The normalized spacial score (nSPS) is 13.3. The fourth-order valence-electron chi connectivity index (χ4n) is 3.15. The van der Waals surface area contributed by atoms with E-state index in [2.05, 4.69) is 10.6 Å². The topological polar surface area (TPSA) is 78.5 Å². The number of hydrogen-bond acceptors (Lipinski definition) is 4. The average Bonchev–Trinajstić information content (AvgIpc) is 2.93. The summed E-state index contributed by atoms with van der Waals surface area (Å²) in [7, 11) is 0. The second-order valence-electron chi connectivity index (χ2n) is 7.23. The molecule has 2 N–H and O–H groups in total. The van der Waals surface area contributed by atoms with Gasteiger partial charge in [-0.25, -0.2) is 0 Å². The molecule has 1 aliphatic heterocycles. The molecular formula is C23H25N3O3. The minimum absolute atomic E-state index is 0.0595. The van der Waals surface area contributed by atoms with E-state index in [4.69, 9.17) is 0 Å². The van der Waals surface area contributed by atoms with E-state index in [9.17, 15) is 14.4 Å². The van der Waals surface area contributed by atoms with Crippen molar-refractivity contribution in [3.63, 3.8) is 0 Å². The molecule has 0 atom stereocenters. The molecule has 0 unspecified atom stereocenters. The quantitative estimate of drug-likeness (QED) is 0.559. The lowest BCUT2D eigenvalue weighted by molar-refractivity contribution is -0.114. The van der Waals surface area contributed by atoms with E-state index in [0.29, 0.717) is 23.4 Å². The number of nitrogens with zero attached hydrogens (tertiary/aromatic N) is 1. The Labute approximate surface area is 170 Å². The zero-order valence-electron chi connectivity index (χ0n) is 16.9. The third kappa shape index (κ3) is 4.54. The van der Waals surface area contributed by atoms with Crippen LogP contribution in [0.15, 0.2) is 54.6 Å². The highest BCUT2D eigenvalue weighted by atomic mass is 16.2. The maximum Gasteiger partial charge on any atom is 0.299 e. The monoisotopic (exact) mass is 391 g/mol. The number of allylic oxidation sites excluding steroid dienone is 1. The van der Waals surface area contributed by atoms with Crippen molar-refractivity contribution in [2.24, 2.45) is 0 Å². The fraction of sp³-hybridized carbons (Fsp3) is 0.261. The molecule has 150 valence electrons. The van der Waals surface area contributed by atoms with Crippen molar-refractivity contribution < 1.29 is 14.4 Å². The number of fused-ring (bicyclic) bond motifs is 1. The van der Waals surface area contributed by atoms with E-state index >= 15 is 0 Å². The van der Waals surface area contributed by atoms with Crippen molar-refractivity contribution in [2.45, 2.75) is 33.4 Å². The van der Waals surface area contributed by atoms with Gasteiger partial charge in [-0.05, 0) is 56.7 Å². The molecule has 1 aliphatic rings. The number of amides is 2. The lowest BCUT2D eigenvalue weighted by Gasteiger charge is -2.17. The summed E-state index contributed by atoms with van der Waals surface area (Å²) >= 11 is 0. The van der Waals surface area contributed by atoms with Gasteiger partial charge < -0.3 is 15.5 Å². The van der Waals surface area contributed by atoms with Crippen molar-refractivity contribution >= 4 is 29.0 Å². The van der Waals surface area contributed by atoms with Gasteiger partial charge in [-0.15, -0.1) is 0 Å². The standard InChI is InChI=1S/C23H25N3O3/c1-4-5-12-24-18-10-11-20-19(13-18)21(27)23(29)26(20)14-16-6-8-17(9-7-16)22(28)25-15(2)3/h4-11,13,15,24H,12,14H2,1-3H3,(H,25,28)/b5-4+. The fourth-order valence-corrected chi connectivity index (χ4v) is 3.15. The molecule has 2 amide bonds. The Hall–Kier alpha value is -3.41. The van der Waals surface area contributed by atoms with Gasteiger partial charge in [-0.1, -0.05) is 24.3 Å². The molecule has 0 aliphatic carbocycles.